The minimum atomic E-state index is -0.755. The smallest absolute Gasteiger partial charge is 0.270 e. The van der Waals surface area contributed by atoms with E-state index < -0.39 is 10.8 Å². The molecule has 24 heavy (non-hydrogen) atoms. The predicted molar refractivity (Wildman–Crippen MR) is 99.0 cm³/mol. The quantitative estimate of drug-likeness (QED) is 0.919. The Balaban J connectivity index is 1.67. The fourth-order valence-corrected chi connectivity index (χ4v) is 3.83. The summed E-state index contributed by atoms with van der Waals surface area (Å²) in [5, 5.41) is 1.12. The summed E-state index contributed by atoms with van der Waals surface area (Å²) in [7, 11) is -0.755. The van der Waals surface area contributed by atoms with Crippen LogP contribution in [-0.4, -0.2) is 69.6 Å². The van der Waals surface area contributed by atoms with Crippen LogP contribution in [0, 0.1) is 13.8 Å². The molecule has 0 spiro atoms. The molecule has 1 fully saturated rings. The van der Waals surface area contributed by atoms with Crippen LogP contribution >= 0.6 is 0 Å². The van der Waals surface area contributed by atoms with Gasteiger partial charge in [-0.3, -0.25) is 13.9 Å². The lowest BCUT2D eigenvalue weighted by molar-refractivity contribution is 0.0639. The van der Waals surface area contributed by atoms with Gasteiger partial charge in [-0.25, -0.2) is 0 Å². The van der Waals surface area contributed by atoms with Gasteiger partial charge in [-0.05, 0) is 37.1 Å². The summed E-state index contributed by atoms with van der Waals surface area (Å²) in [5.41, 5.74) is 4.09. The number of amides is 1. The van der Waals surface area contributed by atoms with Crippen molar-refractivity contribution in [3.05, 3.63) is 35.0 Å². The van der Waals surface area contributed by atoms with Gasteiger partial charge in [0.2, 0.25) is 0 Å². The molecule has 130 valence electrons. The van der Waals surface area contributed by atoms with Crippen molar-refractivity contribution in [2.45, 2.75) is 13.8 Å². The summed E-state index contributed by atoms with van der Waals surface area (Å²) >= 11 is 0. The largest absolute Gasteiger partial charge is 0.351 e. The molecule has 2 heterocycles. The number of hydrogen-bond acceptors (Lipinski definition) is 3. The van der Waals surface area contributed by atoms with Gasteiger partial charge >= 0.3 is 0 Å². The SMILES string of the molecule is Cc1cc(C)c2cc(C(=O)N3CCN(CC[S@@](C)=O)CC3)[nH]c2c1. The summed E-state index contributed by atoms with van der Waals surface area (Å²) in [4.78, 5) is 20.2. The lowest BCUT2D eigenvalue weighted by Crippen LogP contribution is -2.49. The third-order valence-electron chi connectivity index (χ3n) is 4.67. The molecule has 0 bridgehead atoms. The molecule has 1 aliphatic rings. The topological polar surface area (TPSA) is 56.4 Å². The van der Waals surface area contributed by atoms with Crippen LogP contribution in [0.1, 0.15) is 21.6 Å². The van der Waals surface area contributed by atoms with E-state index in [1.807, 2.05) is 11.0 Å². The summed E-state index contributed by atoms with van der Waals surface area (Å²) in [6, 6.07) is 6.20. The van der Waals surface area contributed by atoms with Crippen molar-refractivity contribution in [1.29, 1.82) is 0 Å². The maximum atomic E-state index is 12.8. The average molecular weight is 347 g/mol. The second-order valence-corrected chi connectivity index (χ2v) is 8.19. The number of benzene rings is 1. The van der Waals surface area contributed by atoms with E-state index in [0.29, 0.717) is 11.4 Å². The van der Waals surface area contributed by atoms with Gasteiger partial charge in [0.25, 0.3) is 5.91 Å². The molecule has 0 aliphatic carbocycles. The molecule has 2 aromatic rings. The van der Waals surface area contributed by atoms with Crippen molar-refractivity contribution in [2.24, 2.45) is 0 Å². The number of nitrogens with one attached hydrogen (secondary N) is 1. The summed E-state index contributed by atoms with van der Waals surface area (Å²) in [6.45, 7) is 8.13. The van der Waals surface area contributed by atoms with Crippen molar-refractivity contribution in [1.82, 2.24) is 14.8 Å². The minimum absolute atomic E-state index is 0.0713. The monoisotopic (exact) mass is 347 g/mol. The van der Waals surface area contributed by atoms with Crippen molar-refractivity contribution in [3.63, 3.8) is 0 Å². The number of aryl methyl sites for hydroxylation is 2. The van der Waals surface area contributed by atoms with E-state index >= 15 is 0 Å². The van der Waals surface area contributed by atoms with Crippen LogP contribution in [0.5, 0.6) is 0 Å². The Hall–Kier alpha value is -1.66. The predicted octanol–water partition coefficient (Wildman–Crippen LogP) is 1.92. The van der Waals surface area contributed by atoms with Crippen LogP contribution in [0.15, 0.2) is 18.2 Å². The van der Waals surface area contributed by atoms with Crippen molar-refractivity contribution in [3.8, 4) is 0 Å². The molecule has 1 atom stereocenters. The van der Waals surface area contributed by atoms with Crippen molar-refractivity contribution >= 4 is 27.6 Å². The van der Waals surface area contributed by atoms with E-state index in [2.05, 4.69) is 35.9 Å². The van der Waals surface area contributed by atoms with Gasteiger partial charge in [0, 0.05) is 66.4 Å². The maximum absolute atomic E-state index is 12.8. The van der Waals surface area contributed by atoms with E-state index in [1.165, 1.54) is 11.1 Å². The molecule has 5 nitrogen and oxygen atoms in total. The van der Waals surface area contributed by atoms with Crippen LogP contribution in [-0.2, 0) is 10.8 Å². The van der Waals surface area contributed by atoms with Crippen LogP contribution in [0.3, 0.4) is 0 Å². The van der Waals surface area contributed by atoms with E-state index in [0.717, 1.165) is 43.6 Å². The lowest BCUT2D eigenvalue weighted by Gasteiger charge is -2.34. The average Bonchev–Trinajstić information content (AvgIpc) is 2.97. The number of fused-ring (bicyclic) bond motifs is 1. The Morgan fingerprint density at radius 2 is 1.88 bits per heavy atom. The van der Waals surface area contributed by atoms with Gasteiger partial charge in [0.15, 0.2) is 0 Å². The number of nitrogens with zero attached hydrogens (tertiary/aromatic N) is 2. The van der Waals surface area contributed by atoms with Crippen molar-refractivity contribution < 1.29 is 9.00 Å². The molecular formula is C18H25N3O2S. The molecule has 1 N–H and O–H groups in total. The summed E-state index contributed by atoms with van der Waals surface area (Å²) in [6.07, 6.45) is 1.74. The first-order chi connectivity index (χ1) is 11.4. The highest BCUT2D eigenvalue weighted by molar-refractivity contribution is 7.84. The highest BCUT2D eigenvalue weighted by Gasteiger charge is 2.23. The third-order valence-corrected chi connectivity index (χ3v) is 5.43. The molecule has 1 aliphatic heterocycles. The number of carbonyl (C=O) groups is 1. The number of rotatable bonds is 4. The van der Waals surface area contributed by atoms with Gasteiger partial charge in [-0.1, -0.05) is 6.07 Å². The molecule has 1 aromatic carbocycles. The molecule has 1 amide bonds. The third kappa shape index (κ3) is 3.70. The minimum Gasteiger partial charge on any atom is -0.351 e. The number of piperazine rings is 1. The molecule has 6 heteroatoms. The number of aromatic nitrogens is 1. The van der Waals surface area contributed by atoms with E-state index in [4.69, 9.17) is 0 Å². The second kappa shape index (κ2) is 7.07. The number of carbonyl (C=O) groups excluding carboxylic acids is 1. The first-order valence-corrected chi connectivity index (χ1v) is 10.1. The fourth-order valence-electron chi connectivity index (χ4n) is 3.32. The van der Waals surface area contributed by atoms with Crippen LogP contribution < -0.4 is 0 Å². The van der Waals surface area contributed by atoms with Crippen molar-refractivity contribution in [2.75, 3.05) is 44.7 Å². The van der Waals surface area contributed by atoms with Gasteiger partial charge < -0.3 is 9.88 Å². The summed E-state index contributed by atoms with van der Waals surface area (Å²) < 4.78 is 11.2. The van der Waals surface area contributed by atoms with Crippen LogP contribution in [0.2, 0.25) is 0 Å². The zero-order valence-electron chi connectivity index (χ0n) is 14.6. The zero-order valence-corrected chi connectivity index (χ0v) is 15.4. The van der Waals surface area contributed by atoms with E-state index in [1.54, 1.807) is 6.26 Å². The summed E-state index contributed by atoms with van der Waals surface area (Å²) in [5.74, 6) is 0.774. The Labute approximate surface area is 145 Å². The van der Waals surface area contributed by atoms with Gasteiger partial charge in [-0.15, -0.1) is 0 Å². The number of hydrogen-bond donors (Lipinski definition) is 1. The first kappa shape index (κ1) is 17.2. The lowest BCUT2D eigenvalue weighted by atomic mass is 10.1. The van der Waals surface area contributed by atoms with Crippen LogP contribution in [0.4, 0.5) is 0 Å². The van der Waals surface area contributed by atoms with Gasteiger partial charge in [0.05, 0.1) is 0 Å². The first-order valence-electron chi connectivity index (χ1n) is 8.35. The van der Waals surface area contributed by atoms with E-state index in [-0.39, 0.29) is 5.91 Å². The number of aromatic amines is 1. The normalized spacial score (nSPS) is 17.4. The highest BCUT2D eigenvalue weighted by Crippen LogP contribution is 2.22. The molecule has 0 saturated carbocycles. The maximum Gasteiger partial charge on any atom is 0.270 e. The Morgan fingerprint density at radius 1 is 1.17 bits per heavy atom. The highest BCUT2D eigenvalue weighted by atomic mass is 32.2. The molecule has 0 radical (unpaired) electrons. The Bertz CT molecular complexity index is 776. The van der Waals surface area contributed by atoms with Gasteiger partial charge in [-0.2, -0.15) is 0 Å². The van der Waals surface area contributed by atoms with Crippen LogP contribution in [0.25, 0.3) is 10.9 Å². The molecule has 0 unspecified atom stereocenters. The Kier molecular flexibility index (Phi) is 5.06. The molecule has 3 rings (SSSR count). The molecule has 1 aromatic heterocycles. The molecule has 1 saturated heterocycles. The molecular weight excluding hydrogens is 322 g/mol. The fraction of sp³-hybridized carbons (Fsp3) is 0.500. The standard InChI is InChI=1S/C18H25N3O2S/c1-13-10-14(2)15-12-17(19-16(15)11-13)18(22)21-6-4-20(5-7-21)8-9-24(3)23/h10-12,19H,4-9H2,1-3H3/t24-/m1/s1. The van der Waals surface area contributed by atoms with E-state index in [9.17, 15) is 9.00 Å². The number of H-pyrrole nitrogens is 1. The van der Waals surface area contributed by atoms with Gasteiger partial charge in [0.1, 0.15) is 5.69 Å². The zero-order chi connectivity index (χ0) is 17.3. The Morgan fingerprint density at radius 3 is 2.54 bits per heavy atom. The second-order valence-electron chi connectivity index (χ2n) is 6.64.